The van der Waals surface area contributed by atoms with Gasteiger partial charge in [0.1, 0.15) is 12.4 Å². The lowest BCUT2D eigenvalue weighted by molar-refractivity contribution is -0.120. The van der Waals surface area contributed by atoms with Crippen LogP contribution in [0.15, 0.2) is 6.33 Å². The SMILES string of the molecule is CNC(C(N)=O)C(C)n1cnc(C(C)C)n1. The Balaban J connectivity index is 2.86. The molecule has 6 heteroatoms. The molecule has 0 aromatic carbocycles. The molecule has 2 unspecified atom stereocenters. The molecule has 1 heterocycles. The van der Waals surface area contributed by atoms with E-state index in [1.165, 1.54) is 0 Å². The van der Waals surface area contributed by atoms with Crippen LogP contribution in [0.25, 0.3) is 0 Å². The Morgan fingerprint density at radius 3 is 2.50 bits per heavy atom. The Morgan fingerprint density at radius 1 is 1.50 bits per heavy atom. The van der Waals surface area contributed by atoms with Crippen LogP contribution in [0.1, 0.15) is 38.6 Å². The fourth-order valence-electron chi connectivity index (χ4n) is 1.52. The van der Waals surface area contributed by atoms with Crippen LogP contribution in [0.3, 0.4) is 0 Å². The predicted octanol–water partition coefficient (Wildman–Crippen LogP) is 0.0358. The maximum atomic E-state index is 11.2. The molecule has 0 aliphatic carbocycles. The van der Waals surface area contributed by atoms with E-state index in [9.17, 15) is 4.79 Å². The van der Waals surface area contributed by atoms with Gasteiger partial charge in [-0.05, 0) is 14.0 Å². The van der Waals surface area contributed by atoms with Crippen LogP contribution in [0.4, 0.5) is 0 Å². The average Bonchev–Trinajstić information content (AvgIpc) is 2.66. The lowest BCUT2D eigenvalue weighted by atomic mass is 10.1. The van der Waals surface area contributed by atoms with Crippen molar-refractivity contribution >= 4 is 5.91 Å². The number of rotatable bonds is 5. The van der Waals surface area contributed by atoms with Gasteiger partial charge in [-0.25, -0.2) is 9.67 Å². The van der Waals surface area contributed by atoms with Crippen LogP contribution < -0.4 is 11.1 Å². The van der Waals surface area contributed by atoms with Crippen molar-refractivity contribution in [3.05, 3.63) is 12.2 Å². The third-order valence-electron chi connectivity index (χ3n) is 2.56. The molecule has 0 bridgehead atoms. The zero-order valence-electron chi connectivity index (χ0n) is 10.1. The first-order valence-corrected chi connectivity index (χ1v) is 5.35. The smallest absolute Gasteiger partial charge is 0.236 e. The summed E-state index contributed by atoms with van der Waals surface area (Å²) in [5, 5.41) is 7.19. The Morgan fingerprint density at radius 2 is 2.12 bits per heavy atom. The van der Waals surface area contributed by atoms with E-state index in [0.29, 0.717) is 0 Å². The Hall–Kier alpha value is -1.43. The zero-order valence-corrected chi connectivity index (χ0v) is 10.1. The van der Waals surface area contributed by atoms with E-state index in [0.717, 1.165) is 5.82 Å². The molecule has 6 nitrogen and oxygen atoms in total. The van der Waals surface area contributed by atoms with Gasteiger partial charge in [0.2, 0.25) is 5.91 Å². The lowest BCUT2D eigenvalue weighted by Crippen LogP contribution is -2.44. The maximum Gasteiger partial charge on any atom is 0.236 e. The highest BCUT2D eigenvalue weighted by Gasteiger charge is 2.23. The van der Waals surface area contributed by atoms with E-state index < -0.39 is 11.9 Å². The quantitative estimate of drug-likeness (QED) is 0.740. The predicted molar refractivity (Wildman–Crippen MR) is 60.9 cm³/mol. The molecular weight excluding hydrogens is 206 g/mol. The molecule has 0 radical (unpaired) electrons. The summed E-state index contributed by atoms with van der Waals surface area (Å²) < 4.78 is 1.67. The molecule has 0 aliphatic heterocycles. The van der Waals surface area contributed by atoms with E-state index in [-0.39, 0.29) is 12.0 Å². The molecule has 1 aromatic heterocycles. The maximum absolute atomic E-state index is 11.2. The van der Waals surface area contributed by atoms with E-state index in [4.69, 9.17) is 5.73 Å². The summed E-state index contributed by atoms with van der Waals surface area (Å²) >= 11 is 0. The van der Waals surface area contributed by atoms with E-state index in [1.807, 2.05) is 20.8 Å². The van der Waals surface area contributed by atoms with E-state index in [2.05, 4.69) is 15.4 Å². The van der Waals surface area contributed by atoms with Crippen molar-refractivity contribution in [2.24, 2.45) is 5.73 Å². The number of amides is 1. The first-order valence-electron chi connectivity index (χ1n) is 5.35. The number of likely N-dealkylation sites (N-methyl/N-ethyl adjacent to an activating group) is 1. The van der Waals surface area contributed by atoms with Crippen LogP contribution in [-0.2, 0) is 4.79 Å². The summed E-state index contributed by atoms with van der Waals surface area (Å²) in [6, 6.07) is -0.593. The van der Waals surface area contributed by atoms with Gasteiger partial charge in [0.25, 0.3) is 0 Å². The number of aromatic nitrogens is 3. The van der Waals surface area contributed by atoms with Crippen LogP contribution in [0.2, 0.25) is 0 Å². The third kappa shape index (κ3) is 2.57. The molecule has 1 aromatic rings. The zero-order chi connectivity index (χ0) is 12.3. The van der Waals surface area contributed by atoms with Gasteiger partial charge in [-0.15, -0.1) is 0 Å². The molecule has 90 valence electrons. The van der Waals surface area contributed by atoms with Gasteiger partial charge in [0.15, 0.2) is 5.82 Å². The molecule has 16 heavy (non-hydrogen) atoms. The second-order valence-electron chi connectivity index (χ2n) is 4.15. The molecule has 1 rings (SSSR count). The second kappa shape index (κ2) is 5.07. The topological polar surface area (TPSA) is 85.8 Å². The summed E-state index contributed by atoms with van der Waals surface area (Å²) in [5.74, 6) is 0.651. The summed E-state index contributed by atoms with van der Waals surface area (Å²) in [6.07, 6.45) is 1.63. The number of hydrogen-bond donors (Lipinski definition) is 2. The summed E-state index contributed by atoms with van der Waals surface area (Å²) in [7, 11) is 1.70. The van der Waals surface area contributed by atoms with Gasteiger partial charge in [-0.3, -0.25) is 4.79 Å². The number of nitrogens with one attached hydrogen (secondary N) is 1. The first kappa shape index (κ1) is 12.6. The van der Waals surface area contributed by atoms with Gasteiger partial charge >= 0.3 is 0 Å². The highest BCUT2D eigenvalue weighted by atomic mass is 16.1. The number of nitrogens with zero attached hydrogens (tertiary/aromatic N) is 3. The second-order valence-corrected chi connectivity index (χ2v) is 4.15. The minimum Gasteiger partial charge on any atom is -0.368 e. The van der Waals surface area contributed by atoms with Gasteiger partial charge in [-0.1, -0.05) is 13.8 Å². The minimum atomic E-state index is -0.443. The Kier molecular flexibility index (Phi) is 4.00. The fraction of sp³-hybridized carbons (Fsp3) is 0.700. The molecule has 0 aliphatic rings. The van der Waals surface area contributed by atoms with Crippen molar-refractivity contribution in [2.45, 2.75) is 38.8 Å². The highest BCUT2D eigenvalue weighted by molar-refractivity contribution is 5.80. The standard InChI is InChI=1S/C10H19N5O/c1-6(2)10-13-5-15(14-10)7(3)8(12-4)9(11)16/h5-8,12H,1-4H3,(H2,11,16). The molecule has 1 amide bonds. The van der Waals surface area contributed by atoms with Crippen molar-refractivity contribution in [1.82, 2.24) is 20.1 Å². The number of hydrogen-bond acceptors (Lipinski definition) is 4. The normalized spacial score (nSPS) is 15.1. The van der Waals surface area contributed by atoms with Crippen molar-refractivity contribution in [3.63, 3.8) is 0 Å². The minimum absolute atomic E-state index is 0.150. The molecule has 0 saturated carbocycles. The van der Waals surface area contributed by atoms with Crippen molar-refractivity contribution in [3.8, 4) is 0 Å². The van der Waals surface area contributed by atoms with Gasteiger partial charge < -0.3 is 11.1 Å². The summed E-state index contributed by atoms with van der Waals surface area (Å²) in [6.45, 7) is 5.92. The largest absolute Gasteiger partial charge is 0.368 e. The molecule has 0 spiro atoms. The monoisotopic (exact) mass is 225 g/mol. The Labute approximate surface area is 95.2 Å². The molecule has 3 N–H and O–H groups in total. The third-order valence-corrected chi connectivity index (χ3v) is 2.56. The molecule has 2 atom stereocenters. The number of nitrogens with two attached hydrogens (primary N) is 1. The van der Waals surface area contributed by atoms with Gasteiger partial charge in [-0.2, -0.15) is 5.10 Å². The fourth-order valence-corrected chi connectivity index (χ4v) is 1.52. The number of primary amides is 1. The van der Waals surface area contributed by atoms with Crippen LogP contribution in [0, 0.1) is 0 Å². The van der Waals surface area contributed by atoms with Crippen LogP contribution in [-0.4, -0.2) is 33.8 Å². The van der Waals surface area contributed by atoms with E-state index in [1.54, 1.807) is 18.1 Å². The van der Waals surface area contributed by atoms with Crippen molar-refractivity contribution < 1.29 is 4.79 Å². The average molecular weight is 225 g/mol. The molecular formula is C10H19N5O. The molecule has 0 saturated heterocycles. The van der Waals surface area contributed by atoms with Gasteiger partial charge in [0.05, 0.1) is 6.04 Å². The van der Waals surface area contributed by atoms with Crippen molar-refractivity contribution in [1.29, 1.82) is 0 Å². The number of carbonyl (C=O) groups excluding carboxylic acids is 1. The molecule has 0 fully saturated rings. The lowest BCUT2D eigenvalue weighted by Gasteiger charge is -2.20. The Bertz CT molecular complexity index is 360. The van der Waals surface area contributed by atoms with Crippen molar-refractivity contribution in [2.75, 3.05) is 7.05 Å². The van der Waals surface area contributed by atoms with Gasteiger partial charge in [0, 0.05) is 5.92 Å². The van der Waals surface area contributed by atoms with Crippen LogP contribution >= 0.6 is 0 Å². The van der Waals surface area contributed by atoms with E-state index >= 15 is 0 Å². The number of carbonyl (C=O) groups is 1. The summed E-state index contributed by atoms with van der Waals surface area (Å²) in [5.41, 5.74) is 5.29. The first-order chi connectivity index (χ1) is 7.47. The van der Waals surface area contributed by atoms with Crippen LogP contribution in [0.5, 0.6) is 0 Å². The summed E-state index contributed by atoms with van der Waals surface area (Å²) in [4.78, 5) is 15.4. The highest BCUT2D eigenvalue weighted by Crippen LogP contribution is 2.12.